The zero-order chi connectivity index (χ0) is 17.1. The molecule has 1 aromatic heterocycles. The molecule has 1 aliphatic heterocycles. The Morgan fingerprint density at radius 2 is 1.88 bits per heavy atom. The van der Waals surface area contributed by atoms with E-state index in [9.17, 15) is 4.79 Å². The van der Waals surface area contributed by atoms with Gasteiger partial charge in [-0.3, -0.25) is 9.78 Å². The molecule has 0 amide bonds. The van der Waals surface area contributed by atoms with Crippen LogP contribution in [0.2, 0.25) is 0 Å². The van der Waals surface area contributed by atoms with Crippen molar-refractivity contribution in [1.29, 1.82) is 0 Å². The first kappa shape index (κ1) is 14.1. The van der Waals surface area contributed by atoms with Gasteiger partial charge in [0.15, 0.2) is 11.5 Å². The first-order valence-corrected chi connectivity index (χ1v) is 7.76. The molecule has 5 rings (SSSR count). The lowest BCUT2D eigenvalue weighted by molar-refractivity contribution is 0.103. The number of carbonyl (C=O) groups is 1. The van der Waals surface area contributed by atoms with Crippen LogP contribution in [0.4, 0.5) is 0 Å². The maximum atomic E-state index is 13.0. The van der Waals surface area contributed by atoms with Gasteiger partial charge in [-0.1, -0.05) is 0 Å². The van der Waals surface area contributed by atoms with Crippen molar-refractivity contribution in [2.24, 2.45) is 0 Å². The summed E-state index contributed by atoms with van der Waals surface area (Å²) in [4.78, 5) is 17.4. The molecular weight excluding hydrogens is 322 g/mol. The maximum absolute atomic E-state index is 13.0. The summed E-state index contributed by atoms with van der Waals surface area (Å²) in [6.45, 7) is 0.108. The molecule has 1 aliphatic carbocycles. The normalized spacial score (nSPS) is 13.8. The molecule has 6 nitrogen and oxygen atoms in total. The molecule has 0 N–H and O–H groups in total. The van der Waals surface area contributed by atoms with Crippen LogP contribution in [0.3, 0.4) is 0 Å². The van der Waals surface area contributed by atoms with Crippen LogP contribution >= 0.6 is 0 Å². The van der Waals surface area contributed by atoms with Gasteiger partial charge in [0.05, 0.1) is 14.2 Å². The molecule has 25 heavy (non-hydrogen) atoms. The highest BCUT2D eigenvalue weighted by Crippen LogP contribution is 2.55. The van der Waals surface area contributed by atoms with E-state index in [-0.39, 0.29) is 12.6 Å². The third-order valence-electron chi connectivity index (χ3n) is 4.65. The zero-order valence-electron chi connectivity index (χ0n) is 13.6. The Bertz CT molecular complexity index is 1070. The Morgan fingerprint density at radius 1 is 1.04 bits per heavy atom. The Labute approximate surface area is 142 Å². The highest BCUT2D eigenvalue weighted by molar-refractivity contribution is 6.27. The van der Waals surface area contributed by atoms with Crippen LogP contribution in [0.15, 0.2) is 30.5 Å². The molecule has 2 aliphatic rings. The summed E-state index contributed by atoms with van der Waals surface area (Å²) < 4.78 is 22.2. The standard InChI is InChI=1S/C19H13NO5/c1-22-9-3-4-10-12(7-9)16(21)15-13-11(5-6-20-15)17(23-2)19-18(14(10)13)24-8-25-19/h3-7H,8H2,1-2H3. The average molecular weight is 335 g/mol. The highest BCUT2D eigenvalue weighted by Gasteiger charge is 2.35. The molecule has 0 atom stereocenters. The fraction of sp³-hybridized carbons (Fsp3) is 0.158. The number of benzene rings is 2. The first-order valence-electron chi connectivity index (χ1n) is 7.76. The fourth-order valence-corrected chi connectivity index (χ4v) is 3.59. The molecule has 3 aromatic rings. The lowest BCUT2D eigenvalue weighted by Gasteiger charge is -2.22. The molecule has 0 fully saturated rings. The number of hydrogen-bond acceptors (Lipinski definition) is 6. The molecule has 0 unspecified atom stereocenters. The van der Waals surface area contributed by atoms with Crippen LogP contribution in [0.25, 0.3) is 21.9 Å². The topological polar surface area (TPSA) is 66.9 Å². The third-order valence-corrected chi connectivity index (χ3v) is 4.65. The number of hydrogen-bond donors (Lipinski definition) is 0. The Hall–Kier alpha value is -3.28. The summed E-state index contributed by atoms with van der Waals surface area (Å²) >= 11 is 0. The fourth-order valence-electron chi connectivity index (χ4n) is 3.59. The van der Waals surface area contributed by atoms with Crippen LogP contribution in [-0.2, 0) is 0 Å². The van der Waals surface area contributed by atoms with E-state index in [1.165, 1.54) is 0 Å². The second-order valence-electron chi connectivity index (χ2n) is 5.80. The van der Waals surface area contributed by atoms with Gasteiger partial charge in [0.2, 0.25) is 18.3 Å². The van der Waals surface area contributed by atoms with E-state index in [1.807, 2.05) is 18.2 Å². The van der Waals surface area contributed by atoms with Gasteiger partial charge in [0.25, 0.3) is 0 Å². The minimum Gasteiger partial charge on any atom is -0.497 e. The number of pyridine rings is 1. The van der Waals surface area contributed by atoms with Crippen molar-refractivity contribution in [2.75, 3.05) is 21.0 Å². The molecule has 124 valence electrons. The number of methoxy groups -OCH3 is 2. The summed E-state index contributed by atoms with van der Waals surface area (Å²) in [5, 5.41) is 1.51. The van der Waals surface area contributed by atoms with Gasteiger partial charge in [-0.25, -0.2) is 0 Å². The Morgan fingerprint density at radius 3 is 2.68 bits per heavy atom. The second kappa shape index (κ2) is 4.86. The number of fused-ring (bicyclic) bond motifs is 4. The lowest BCUT2D eigenvalue weighted by atomic mass is 9.84. The number of nitrogens with zero attached hydrogens (tertiary/aromatic N) is 1. The van der Waals surface area contributed by atoms with Crippen LogP contribution in [-0.4, -0.2) is 31.8 Å². The van der Waals surface area contributed by atoms with Crippen molar-refractivity contribution in [3.8, 4) is 34.1 Å². The molecular formula is C19H13NO5. The molecule has 2 heterocycles. The Balaban J connectivity index is 2.00. The lowest BCUT2D eigenvalue weighted by Crippen LogP contribution is -2.13. The molecule has 0 saturated heterocycles. The second-order valence-corrected chi connectivity index (χ2v) is 5.80. The highest BCUT2D eigenvalue weighted by atomic mass is 16.7. The van der Waals surface area contributed by atoms with Crippen molar-refractivity contribution < 1.29 is 23.7 Å². The molecule has 0 bridgehead atoms. The van der Waals surface area contributed by atoms with E-state index < -0.39 is 0 Å². The summed E-state index contributed by atoms with van der Waals surface area (Å²) in [7, 11) is 3.14. The van der Waals surface area contributed by atoms with E-state index in [0.29, 0.717) is 34.3 Å². The Kier molecular flexibility index (Phi) is 2.74. The van der Waals surface area contributed by atoms with Crippen molar-refractivity contribution >= 4 is 16.6 Å². The van der Waals surface area contributed by atoms with Crippen molar-refractivity contribution in [1.82, 2.24) is 4.98 Å². The zero-order valence-corrected chi connectivity index (χ0v) is 13.6. The van der Waals surface area contributed by atoms with Gasteiger partial charge in [0.1, 0.15) is 11.4 Å². The number of carbonyl (C=O) groups excluding carboxylic acids is 1. The largest absolute Gasteiger partial charge is 0.497 e. The van der Waals surface area contributed by atoms with Crippen LogP contribution in [0.1, 0.15) is 16.1 Å². The van der Waals surface area contributed by atoms with E-state index in [4.69, 9.17) is 18.9 Å². The van der Waals surface area contributed by atoms with Gasteiger partial charge in [0, 0.05) is 28.1 Å². The molecule has 0 radical (unpaired) electrons. The van der Waals surface area contributed by atoms with Gasteiger partial charge < -0.3 is 18.9 Å². The minimum atomic E-state index is -0.145. The van der Waals surface area contributed by atoms with Gasteiger partial charge in [-0.05, 0) is 29.8 Å². The van der Waals surface area contributed by atoms with Crippen molar-refractivity contribution in [3.63, 3.8) is 0 Å². The summed E-state index contributed by atoms with van der Waals surface area (Å²) in [6.07, 6.45) is 1.61. The van der Waals surface area contributed by atoms with Crippen molar-refractivity contribution in [3.05, 3.63) is 41.7 Å². The number of ether oxygens (including phenoxy) is 4. The quantitative estimate of drug-likeness (QED) is 0.560. The molecule has 0 saturated carbocycles. The number of aromatic nitrogens is 1. The first-order chi connectivity index (χ1) is 12.2. The smallest absolute Gasteiger partial charge is 0.231 e. The molecule has 0 spiro atoms. The van der Waals surface area contributed by atoms with E-state index in [2.05, 4.69) is 4.98 Å². The predicted octanol–water partition coefficient (Wildman–Crippen LogP) is 3.19. The van der Waals surface area contributed by atoms with E-state index in [0.717, 1.165) is 21.9 Å². The van der Waals surface area contributed by atoms with Crippen LogP contribution < -0.4 is 18.9 Å². The van der Waals surface area contributed by atoms with E-state index >= 15 is 0 Å². The predicted molar refractivity (Wildman–Crippen MR) is 89.8 cm³/mol. The number of rotatable bonds is 2. The van der Waals surface area contributed by atoms with Gasteiger partial charge in [-0.15, -0.1) is 0 Å². The monoisotopic (exact) mass is 335 g/mol. The summed E-state index contributed by atoms with van der Waals surface area (Å²) in [5.74, 6) is 2.16. The summed E-state index contributed by atoms with van der Waals surface area (Å²) in [6, 6.07) is 7.25. The third kappa shape index (κ3) is 1.68. The van der Waals surface area contributed by atoms with Crippen molar-refractivity contribution in [2.45, 2.75) is 0 Å². The molecule has 6 heteroatoms. The minimum absolute atomic E-state index is 0.108. The van der Waals surface area contributed by atoms with Gasteiger partial charge in [-0.2, -0.15) is 0 Å². The maximum Gasteiger partial charge on any atom is 0.231 e. The van der Waals surface area contributed by atoms with Gasteiger partial charge >= 0.3 is 0 Å². The number of ketones is 1. The molecule has 2 aromatic carbocycles. The van der Waals surface area contributed by atoms with Crippen LogP contribution in [0, 0.1) is 0 Å². The summed E-state index contributed by atoms with van der Waals surface area (Å²) in [5.41, 5.74) is 2.50. The van der Waals surface area contributed by atoms with E-state index in [1.54, 1.807) is 26.5 Å². The average Bonchev–Trinajstić information content (AvgIpc) is 3.13. The van der Waals surface area contributed by atoms with Crippen LogP contribution in [0.5, 0.6) is 23.0 Å². The SMILES string of the molecule is COc1ccc2c(c1)C(=O)c1nccc3c(OC)c4c(c-2c13)OCO4.